The predicted octanol–water partition coefficient (Wildman–Crippen LogP) is 1.85. The van der Waals surface area contributed by atoms with Gasteiger partial charge in [-0.3, -0.25) is 9.78 Å². The number of rotatable bonds is 4. The van der Waals surface area contributed by atoms with E-state index in [1.54, 1.807) is 25.3 Å². The number of hydrogen-bond donors (Lipinski definition) is 2. The highest BCUT2D eigenvalue weighted by Crippen LogP contribution is 2.13. The monoisotopic (exact) mass is 256 g/mol. The van der Waals surface area contributed by atoms with Crippen molar-refractivity contribution < 1.29 is 9.90 Å². The van der Waals surface area contributed by atoms with Crippen molar-refractivity contribution in [3.8, 4) is 0 Å². The highest BCUT2D eigenvalue weighted by atomic mass is 16.3. The lowest BCUT2D eigenvalue weighted by Crippen LogP contribution is -2.31. The summed E-state index contributed by atoms with van der Waals surface area (Å²) in [6, 6.07) is 12.4. The average Bonchev–Trinajstić information content (AvgIpc) is 2.46. The number of nitrogens with one attached hydrogen (secondary N) is 1. The third-order valence-electron chi connectivity index (χ3n) is 2.94. The molecular formula is C15H16N2O2. The minimum absolute atomic E-state index is 0.144. The number of carbonyl (C=O) groups is 1. The van der Waals surface area contributed by atoms with Crippen LogP contribution in [0.5, 0.6) is 0 Å². The van der Waals surface area contributed by atoms with E-state index >= 15 is 0 Å². The minimum Gasteiger partial charge on any atom is -0.394 e. The molecule has 4 nitrogen and oxygen atoms in total. The predicted molar refractivity (Wildman–Crippen MR) is 72.7 cm³/mol. The van der Waals surface area contributed by atoms with E-state index in [9.17, 15) is 9.90 Å². The van der Waals surface area contributed by atoms with Gasteiger partial charge in [0.2, 0.25) is 0 Å². The van der Waals surface area contributed by atoms with Crippen LogP contribution in [-0.2, 0) is 0 Å². The Balaban J connectivity index is 2.16. The third kappa shape index (κ3) is 3.17. The number of aliphatic hydroxyl groups excluding tert-OH is 1. The summed E-state index contributed by atoms with van der Waals surface area (Å²) in [4.78, 5) is 16.2. The molecule has 0 spiro atoms. The van der Waals surface area contributed by atoms with E-state index in [1.165, 1.54) is 0 Å². The zero-order valence-electron chi connectivity index (χ0n) is 10.7. The molecule has 1 atom stereocenters. The molecule has 0 fully saturated rings. The second-order valence-electron chi connectivity index (χ2n) is 4.26. The molecule has 0 aliphatic carbocycles. The fraction of sp³-hybridized carbons (Fsp3) is 0.200. The van der Waals surface area contributed by atoms with Crippen LogP contribution < -0.4 is 5.32 Å². The van der Waals surface area contributed by atoms with Crippen LogP contribution >= 0.6 is 0 Å². The number of aryl methyl sites for hydroxylation is 1. The molecule has 0 unspecified atom stereocenters. The molecule has 1 aromatic carbocycles. The van der Waals surface area contributed by atoms with Crippen LogP contribution in [0.1, 0.15) is 27.7 Å². The van der Waals surface area contributed by atoms with Crippen LogP contribution in [-0.4, -0.2) is 22.6 Å². The molecule has 0 saturated heterocycles. The summed E-state index contributed by atoms with van der Waals surface area (Å²) in [6.45, 7) is 1.64. The van der Waals surface area contributed by atoms with E-state index in [0.29, 0.717) is 11.3 Å². The Labute approximate surface area is 112 Å². The molecule has 1 amide bonds. The van der Waals surface area contributed by atoms with Gasteiger partial charge in [-0.2, -0.15) is 0 Å². The summed E-state index contributed by atoms with van der Waals surface area (Å²) in [5.41, 5.74) is 2.07. The van der Waals surface area contributed by atoms with Gasteiger partial charge in [-0.05, 0) is 24.6 Å². The number of hydrogen-bond acceptors (Lipinski definition) is 3. The number of nitrogens with zero attached hydrogens (tertiary/aromatic N) is 1. The SMILES string of the molecule is Cc1ncccc1C(=O)N[C@H](CO)c1ccccc1. The summed E-state index contributed by atoms with van der Waals surface area (Å²) in [5.74, 6) is -0.228. The fourth-order valence-corrected chi connectivity index (χ4v) is 1.88. The highest BCUT2D eigenvalue weighted by Gasteiger charge is 2.16. The van der Waals surface area contributed by atoms with Crippen LogP contribution in [0.25, 0.3) is 0 Å². The standard InChI is InChI=1S/C15H16N2O2/c1-11-13(8-5-9-16-11)15(19)17-14(10-18)12-6-3-2-4-7-12/h2-9,14,18H,10H2,1H3,(H,17,19)/t14-/m1/s1. The number of aromatic nitrogens is 1. The molecule has 98 valence electrons. The lowest BCUT2D eigenvalue weighted by atomic mass is 10.1. The Bertz CT molecular complexity index is 555. The fourth-order valence-electron chi connectivity index (χ4n) is 1.88. The Morgan fingerprint density at radius 2 is 2.00 bits per heavy atom. The molecule has 0 saturated carbocycles. The second-order valence-corrected chi connectivity index (χ2v) is 4.26. The molecule has 1 heterocycles. The Morgan fingerprint density at radius 1 is 1.26 bits per heavy atom. The largest absolute Gasteiger partial charge is 0.394 e. The summed E-state index contributed by atoms with van der Waals surface area (Å²) in [7, 11) is 0. The van der Waals surface area contributed by atoms with Crippen molar-refractivity contribution in [2.75, 3.05) is 6.61 Å². The van der Waals surface area contributed by atoms with Gasteiger partial charge in [0.1, 0.15) is 0 Å². The Morgan fingerprint density at radius 3 is 2.63 bits per heavy atom. The first-order valence-electron chi connectivity index (χ1n) is 6.10. The van der Waals surface area contributed by atoms with E-state index in [1.807, 2.05) is 30.3 Å². The van der Waals surface area contributed by atoms with E-state index in [2.05, 4.69) is 10.3 Å². The van der Waals surface area contributed by atoms with Crippen molar-refractivity contribution >= 4 is 5.91 Å². The summed E-state index contributed by atoms with van der Waals surface area (Å²) in [5, 5.41) is 12.2. The summed E-state index contributed by atoms with van der Waals surface area (Å²) >= 11 is 0. The summed E-state index contributed by atoms with van der Waals surface area (Å²) < 4.78 is 0. The molecule has 2 rings (SSSR count). The van der Waals surface area contributed by atoms with Crippen molar-refractivity contribution in [1.29, 1.82) is 0 Å². The van der Waals surface area contributed by atoms with Gasteiger partial charge in [-0.1, -0.05) is 30.3 Å². The van der Waals surface area contributed by atoms with E-state index in [0.717, 1.165) is 5.56 Å². The molecule has 0 radical (unpaired) electrons. The van der Waals surface area contributed by atoms with E-state index in [-0.39, 0.29) is 12.5 Å². The molecule has 2 N–H and O–H groups in total. The maximum absolute atomic E-state index is 12.1. The normalized spacial score (nSPS) is 11.9. The van der Waals surface area contributed by atoms with Crippen LogP contribution in [0, 0.1) is 6.92 Å². The molecule has 1 aromatic heterocycles. The van der Waals surface area contributed by atoms with Gasteiger partial charge in [-0.25, -0.2) is 0 Å². The zero-order chi connectivity index (χ0) is 13.7. The smallest absolute Gasteiger partial charge is 0.253 e. The average molecular weight is 256 g/mol. The van der Waals surface area contributed by atoms with Gasteiger partial charge in [0.25, 0.3) is 5.91 Å². The first-order valence-corrected chi connectivity index (χ1v) is 6.10. The van der Waals surface area contributed by atoms with Gasteiger partial charge < -0.3 is 10.4 Å². The Hall–Kier alpha value is -2.20. The van der Waals surface area contributed by atoms with Crippen molar-refractivity contribution in [1.82, 2.24) is 10.3 Å². The lowest BCUT2D eigenvalue weighted by Gasteiger charge is -2.17. The topological polar surface area (TPSA) is 62.2 Å². The number of aliphatic hydroxyl groups is 1. The van der Waals surface area contributed by atoms with Crippen molar-refractivity contribution in [3.63, 3.8) is 0 Å². The first-order chi connectivity index (χ1) is 9.22. The quantitative estimate of drug-likeness (QED) is 0.877. The number of pyridine rings is 1. The van der Waals surface area contributed by atoms with Crippen molar-refractivity contribution in [2.45, 2.75) is 13.0 Å². The third-order valence-corrected chi connectivity index (χ3v) is 2.94. The molecule has 0 bridgehead atoms. The van der Waals surface area contributed by atoms with Crippen molar-refractivity contribution in [2.24, 2.45) is 0 Å². The summed E-state index contributed by atoms with van der Waals surface area (Å²) in [6.07, 6.45) is 1.65. The molecule has 0 aliphatic rings. The molecule has 0 aliphatic heterocycles. The van der Waals surface area contributed by atoms with Gasteiger partial charge >= 0.3 is 0 Å². The molecule has 19 heavy (non-hydrogen) atoms. The van der Waals surface area contributed by atoms with Crippen LogP contribution in [0.2, 0.25) is 0 Å². The number of carbonyl (C=O) groups excluding carboxylic acids is 1. The van der Waals surface area contributed by atoms with Gasteiger partial charge in [0, 0.05) is 11.9 Å². The van der Waals surface area contributed by atoms with Crippen LogP contribution in [0.4, 0.5) is 0 Å². The van der Waals surface area contributed by atoms with Crippen LogP contribution in [0.3, 0.4) is 0 Å². The van der Waals surface area contributed by atoms with Gasteiger partial charge in [0.05, 0.1) is 18.2 Å². The highest BCUT2D eigenvalue weighted by molar-refractivity contribution is 5.95. The molecular weight excluding hydrogens is 240 g/mol. The Kier molecular flexibility index (Phi) is 4.26. The van der Waals surface area contributed by atoms with E-state index < -0.39 is 6.04 Å². The minimum atomic E-state index is -0.409. The van der Waals surface area contributed by atoms with Crippen LogP contribution in [0.15, 0.2) is 48.7 Å². The van der Waals surface area contributed by atoms with Crippen molar-refractivity contribution in [3.05, 3.63) is 65.5 Å². The maximum Gasteiger partial charge on any atom is 0.253 e. The second kappa shape index (κ2) is 6.11. The molecule has 2 aromatic rings. The maximum atomic E-state index is 12.1. The number of amides is 1. The van der Waals surface area contributed by atoms with Gasteiger partial charge in [-0.15, -0.1) is 0 Å². The van der Waals surface area contributed by atoms with E-state index in [4.69, 9.17) is 0 Å². The number of benzene rings is 1. The first kappa shape index (κ1) is 13.2. The van der Waals surface area contributed by atoms with Gasteiger partial charge in [0.15, 0.2) is 0 Å². The molecule has 4 heteroatoms. The zero-order valence-corrected chi connectivity index (χ0v) is 10.7. The lowest BCUT2D eigenvalue weighted by molar-refractivity contribution is 0.0915.